The summed E-state index contributed by atoms with van der Waals surface area (Å²) in [6.07, 6.45) is 0. The van der Waals surface area contributed by atoms with Gasteiger partial charge in [0.2, 0.25) is 10.0 Å². The van der Waals surface area contributed by atoms with Gasteiger partial charge in [-0.2, -0.15) is 0 Å². The number of halogens is 1. The van der Waals surface area contributed by atoms with Crippen LogP contribution in [0.3, 0.4) is 0 Å². The molecule has 0 atom stereocenters. The minimum absolute atomic E-state index is 0.183. The SMILES string of the molecule is NS(=O)(=O)c1ccc(Nc2ccccc2Br)c(C(=O)O)c1. The monoisotopic (exact) mass is 370 g/mol. The highest BCUT2D eigenvalue weighted by molar-refractivity contribution is 9.10. The van der Waals surface area contributed by atoms with Crippen molar-refractivity contribution in [1.82, 2.24) is 0 Å². The number of benzene rings is 2. The number of anilines is 2. The lowest BCUT2D eigenvalue weighted by atomic mass is 10.1. The number of carboxylic acid groups (broad SMARTS) is 1. The molecule has 2 aromatic carbocycles. The fraction of sp³-hybridized carbons (Fsp3) is 0. The second kappa shape index (κ2) is 5.84. The topological polar surface area (TPSA) is 109 Å². The van der Waals surface area contributed by atoms with E-state index in [4.69, 9.17) is 5.14 Å². The maximum Gasteiger partial charge on any atom is 0.337 e. The van der Waals surface area contributed by atoms with Crippen LogP contribution >= 0.6 is 15.9 Å². The smallest absolute Gasteiger partial charge is 0.337 e. The fourth-order valence-corrected chi connectivity index (χ4v) is 2.62. The van der Waals surface area contributed by atoms with E-state index in [2.05, 4.69) is 21.2 Å². The zero-order chi connectivity index (χ0) is 15.6. The number of carbonyl (C=O) groups is 1. The van der Waals surface area contributed by atoms with Crippen LogP contribution in [0.15, 0.2) is 51.8 Å². The van der Waals surface area contributed by atoms with Gasteiger partial charge in [0.25, 0.3) is 0 Å². The van der Waals surface area contributed by atoms with Gasteiger partial charge in [0.15, 0.2) is 0 Å². The van der Waals surface area contributed by atoms with Crippen molar-refractivity contribution >= 4 is 43.3 Å². The van der Waals surface area contributed by atoms with E-state index in [1.165, 1.54) is 12.1 Å². The molecule has 0 aliphatic heterocycles. The maximum atomic E-state index is 11.3. The van der Waals surface area contributed by atoms with Gasteiger partial charge in [-0.1, -0.05) is 12.1 Å². The third-order valence-corrected chi connectivity index (χ3v) is 4.30. The van der Waals surface area contributed by atoms with Crippen molar-refractivity contribution < 1.29 is 18.3 Å². The van der Waals surface area contributed by atoms with Crippen LogP contribution in [0.1, 0.15) is 10.4 Å². The number of rotatable bonds is 4. The zero-order valence-corrected chi connectivity index (χ0v) is 13.0. The number of nitrogens with two attached hydrogens (primary N) is 1. The summed E-state index contributed by atoms with van der Waals surface area (Å²) < 4.78 is 23.3. The molecule has 110 valence electrons. The van der Waals surface area contributed by atoms with Gasteiger partial charge in [-0.15, -0.1) is 0 Å². The highest BCUT2D eigenvalue weighted by Crippen LogP contribution is 2.28. The number of nitrogens with one attached hydrogen (secondary N) is 1. The molecule has 0 heterocycles. The van der Waals surface area contributed by atoms with Gasteiger partial charge in [0.05, 0.1) is 21.8 Å². The van der Waals surface area contributed by atoms with E-state index in [0.717, 1.165) is 10.5 Å². The molecule has 0 radical (unpaired) electrons. The van der Waals surface area contributed by atoms with Gasteiger partial charge in [-0.3, -0.25) is 0 Å². The van der Waals surface area contributed by atoms with E-state index < -0.39 is 16.0 Å². The van der Waals surface area contributed by atoms with Crippen LogP contribution in [-0.4, -0.2) is 19.5 Å². The molecule has 2 aromatic rings. The Hall–Kier alpha value is -1.90. The van der Waals surface area contributed by atoms with Crippen molar-refractivity contribution in [2.75, 3.05) is 5.32 Å². The van der Waals surface area contributed by atoms with Gasteiger partial charge in [-0.05, 0) is 46.3 Å². The summed E-state index contributed by atoms with van der Waals surface area (Å²) in [5.74, 6) is -1.25. The lowest BCUT2D eigenvalue weighted by Gasteiger charge is -2.12. The standard InChI is InChI=1S/C13H11BrN2O4S/c14-10-3-1-2-4-12(10)16-11-6-5-8(21(15,19)20)7-9(11)13(17)18/h1-7,16H,(H,17,18)(H2,15,19,20). The normalized spacial score (nSPS) is 11.1. The predicted octanol–water partition coefficient (Wildman–Crippen LogP) is 2.54. The number of hydrogen-bond acceptors (Lipinski definition) is 4. The van der Waals surface area contributed by atoms with E-state index in [1.807, 2.05) is 6.07 Å². The van der Waals surface area contributed by atoms with Crippen molar-refractivity contribution in [3.05, 3.63) is 52.5 Å². The molecule has 0 aliphatic carbocycles. The van der Waals surface area contributed by atoms with Crippen LogP contribution in [0, 0.1) is 0 Å². The van der Waals surface area contributed by atoms with Crippen LogP contribution in [0.5, 0.6) is 0 Å². The second-order valence-corrected chi connectivity index (χ2v) is 6.58. The molecule has 2 rings (SSSR count). The molecule has 0 spiro atoms. The Bertz CT molecular complexity index is 806. The van der Waals surface area contributed by atoms with Gasteiger partial charge in [0, 0.05) is 4.47 Å². The van der Waals surface area contributed by atoms with E-state index in [0.29, 0.717) is 5.69 Å². The summed E-state index contributed by atoms with van der Waals surface area (Å²) in [4.78, 5) is 11.0. The van der Waals surface area contributed by atoms with Gasteiger partial charge in [-0.25, -0.2) is 18.4 Å². The molecule has 0 amide bonds. The number of carboxylic acids is 1. The molecular weight excluding hydrogens is 360 g/mol. The molecular formula is C13H11BrN2O4S. The lowest BCUT2D eigenvalue weighted by Crippen LogP contribution is -2.14. The zero-order valence-electron chi connectivity index (χ0n) is 10.6. The maximum absolute atomic E-state index is 11.3. The van der Waals surface area contributed by atoms with Crippen molar-refractivity contribution in [2.45, 2.75) is 4.90 Å². The molecule has 0 saturated carbocycles. The Morgan fingerprint density at radius 3 is 2.38 bits per heavy atom. The summed E-state index contributed by atoms with van der Waals surface area (Å²) in [5.41, 5.74) is 0.738. The molecule has 8 heteroatoms. The first-order valence-corrected chi connectivity index (χ1v) is 8.04. The largest absolute Gasteiger partial charge is 0.478 e. The molecule has 0 bridgehead atoms. The second-order valence-electron chi connectivity index (χ2n) is 4.16. The first kappa shape index (κ1) is 15.5. The van der Waals surface area contributed by atoms with Crippen molar-refractivity contribution in [2.24, 2.45) is 5.14 Å². The third kappa shape index (κ3) is 3.60. The Kier molecular flexibility index (Phi) is 4.31. The first-order valence-electron chi connectivity index (χ1n) is 5.71. The molecule has 0 aliphatic rings. The van der Waals surface area contributed by atoms with E-state index in [9.17, 15) is 18.3 Å². The number of para-hydroxylation sites is 1. The summed E-state index contributed by atoms with van der Waals surface area (Å²) in [7, 11) is -3.96. The molecule has 6 nitrogen and oxygen atoms in total. The van der Waals surface area contributed by atoms with Crippen LogP contribution in [0.2, 0.25) is 0 Å². The van der Waals surface area contributed by atoms with Crippen molar-refractivity contribution in [3.63, 3.8) is 0 Å². The van der Waals surface area contributed by atoms with Crippen LogP contribution < -0.4 is 10.5 Å². The van der Waals surface area contributed by atoms with E-state index >= 15 is 0 Å². The number of primary sulfonamides is 1. The predicted molar refractivity (Wildman–Crippen MR) is 82.2 cm³/mol. The van der Waals surface area contributed by atoms with Gasteiger partial charge in [0.1, 0.15) is 0 Å². The highest BCUT2D eigenvalue weighted by atomic mass is 79.9. The van der Waals surface area contributed by atoms with Crippen molar-refractivity contribution in [1.29, 1.82) is 0 Å². The van der Waals surface area contributed by atoms with Gasteiger partial charge < -0.3 is 10.4 Å². The lowest BCUT2D eigenvalue weighted by molar-refractivity contribution is 0.0697. The first-order chi connectivity index (χ1) is 9.79. The molecule has 0 aromatic heterocycles. The average Bonchev–Trinajstić information content (AvgIpc) is 2.40. The Morgan fingerprint density at radius 2 is 1.81 bits per heavy atom. The summed E-state index contributed by atoms with van der Waals surface area (Å²) in [6, 6.07) is 10.8. The molecule has 0 unspecified atom stereocenters. The summed E-state index contributed by atoms with van der Waals surface area (Å²) >= 11 is 3.34. The van der Waals surface area contributed by atoms with Crippen LogP contribution in [0.25, 0.3) is 0 Å². The Morgan fingerprint density at radius 1 is 1.14 bits per heavy atom. The Balaban J connectivity index is 2.50. The molecule has 0 fully saturated rings. The minimum atomic E-state index is -3.96. The van der Waals surface area contributed by atoms with Crippen molar-refractivity contribution in [3.8, 4) is 0 Å². The molecule has 21 heavy (non-hydrogen) atoms. The molecule has 4 N–H and O–H groups in total. The summed E-state index contributed by atoms with van der Waals surface area (Å²) in [6.45, 7) is 0. The Labute approximate surface area is 129 Å². The van der Waals surface area contributed by atoms with Crippen LogP contribution in [0.4, 0.5) is 11.4 Å². The number of hydrogen-bond donors (Lipinski definition) is 3. The van der Waals surface area contributed by atoms with Crippen LogP contribution in [-0.2, 0) is 10.0 Å². The number of sulfonamides is 1. The highest BCUT2D eigenvalue weighted by Gasteiger charge is 2.16. The summed E-state index contributed by atoms with van der Waals surface area (Å²) in [5, 5.41) is 17.2. The van der Waals surface area contributed by atoms with Gasteiger partial charge >= 0.3 is 5.97 Å². The van der Waals surface area contributed by atoms with E-state index in [1.54, 1.807) is 18.2 Å². The minimum Gasteiger partial charge on any atom is -0.478 e. The quantitative estimate of drug-likeness (QED) is 0.765. The third-order valence-electron chi connectivity index (χ3n) is 2.69. The fourth-order valence-electron chi connectivity index (χ4n) is 1.69. The number of aromatic carboxylic acids is 1. The van der Waals surface area contributed by atoms with E-state index in [-0.39, 0.29) is 16.1 Å². The molecule has 0 saturated heterocycles. The average molecular weight is 371 g/mol.